The summed E-state index contributed by atoms with van der Waals surface area (Å²) in [4.78, 5) is 0. The Labute approximate surface area is 116 Å². The molecule has 0 radical (unpaired) electrons. The quantitative estimate of drug-likeness (QED) is 0.422. The predicted molar refractivity (Wildman–Crippen MR) is 77.8 cm³/mol. The normalized spacial score (nSPS) is 10.8. The highest BCUT2D eigenvalue weighted by Crippen LogP contribution is 1.98. The number of rotatable bonds is 11. The summed E-state index contributed by atoms with van der Waals surface area (Å²) in [6.07, 6.45) is 0. The van der Waals surface area contributed by atoms with Crippen LogP contribution in [0.25, 0.3) is 0 Å². The fourth-order valence-electron chi connectivity index (χ4n) is 1.46. The summed E-state index contributed by atoms with van der Waals surface area (Å²) in [6.45, 7) is 4.27. The van der Waals surface area contributed by atoms with Gasteiger partial charge in [0.05, 0.1) is 46.2 Å². The molecular weight excluding hydrogens is 243 g/mol. The summed E-state index contributed by atoms with van der Waals surface area (Å²) in [5, 5.41) is 0. The Morgan fingerprint density at radius 2 is 1.32 bits per heavy atom. The molecule has 0 spiro atoms. The van der Waals surface area contributed by atoms with Crippen molar-refractivity contribution in [1.29, 1.82) is 0 Å². The Morgan fingerprint density at radius 1 is 0.789 bits per heavy atom. The number of benzene rings is 1. The van der Waals surface area contributed by atoms with Crippen molar-refractivity contribution in [2.75, 3.05) is 46.8 Å². The van der Waals surface area contributed by atoms with Crippen molar-refractivity contribution in [3.63, 3.8) is 0 Å². The van der Waals surface area contributed by atoms with E-state index < -0.39 is 0 Å². The topological polar surface area (TPSA) is 36.9 Å². The molecule has 0 aliphatic carbocycles. The standard InChI is InChI=1S/C14H23BO4/c1-16-6-7-17-8-9-18-10-11-19-12-13-2-4-14(15)5-3-13/h2-5H,6-12,15H2,1H3. The molecule has 0 atom stereocenters. The highest BCUT2D eigenvalue weighted by atomic mass is 16.6. The van der Waals surface area contributed by atoms with Crippen molar-refractivity contribution in [2.24, 2.45) is 0 Å². The fraction of sp³-hybridized carbons (Fsp3) is 0.571. The van der Waals surface area contributed by atoms with Crippen molar-refractivity contribution >= 4 is 13.3 Å². The summed E-state index contributed by atoms with van der Waals surface area (Å²) in [5.74, 6) is 0. The lowest BCUT2D eigenvalue weighted by molar-refractivity contribution is 0.000871. The summed E-state index contributed by atoms with van der Waals surface area (Å²) in [5.41, 5.74) is 2.45. The van der Waals surface area contributed by atoms with Gasteiger partial charge in [-0.15, -0.1) is 0 Å². The molecule has 1 aromatic carbocycles. The third kappa shape index (κ3) is 8.78. The molecule has 0 aromatic heterocycles. The minimum atomic E-state index is 0.595. The number of ether oxygens (including phenoxy) is 4. The Hall–Kier alpha value is -0.875. The third-order valence-corrected chi connectivity index (χ3v) is 2.57. The first-order valence-corrected chi connectivity index (χ1v) is 6.60. The van der Waals surface area contributed by atoms with Crippen LogP contribution in [0.4, 0.5) is 0 Å². The molecule has 0 saturated carbocycles. The minimum absolute atomic E-state index is 0.595. The summed E-state index contributed by atoms with van der Waals surface area (Å²) in [6, 6.07) is 8.35. The first-order valence-electron chi connectivity index (χ1n) is 6.60. The maximum absolute atomic E-state index is 5.52. The molecule has 0 fully saturated rings. The van der Waals surface area contributed by atoms with Crippen molar-refractivity contribution in [3.05, 3.63) is 29.8 Å². The van der Waals surface area contributed by atoms with E-state index in [0.717, 1.165) is 0 Å². The van der Waals surface area contributed by atoms with Crippen LogP contribution in [-0.2, 0) is 25.6 Å². The highest BCUT2D eigenvalue weighted by molar-refractivity contribution is 6.32. The molecule has 19 heavy (non-hydrogen) atoms. The summed E-state index contributed by atoms with van der Waals surface area (Å²) in [7, 11) is 3.73. The van der Waals surface area contributed by atoms with Crippen molar-refractivity contribution < 1.29 is 18.9 Å². The van der Waals surface area contributed by atoms with Gasteiger partial charge < -0.3 is 18.9 Å². The van der Waals surface area contributed by atoms with E-state index in [0.29, 0.717) is 46.2 Å². The largest absolute Gasteiger partial charge is 0.382 e. The van der Waals surface area contributed by atoms with Crippen LogP contribution in [0.3, 0.4) is 0 Å². The molecule has 1 rings (SSSR count). The second-order valence-electron chi connectivity index (χ2n) is 4.26. The van der Waals surface area contributed by atoms with E-state index in [-0.39, 0.29) is 0 Å². The fourth-order valence-corrected chi connectivity index (χ4v) is 1.46. The highest BCUT2D eigenvalue weighted by Gasteiger charge is 1.94. The van der Waals surface area contributed by atoms with E-state index in [4.69, 9.17) is 18.9 Å². The second kappa shape index (κ2) is 11.0. The van der Waals surface area contributed by atoms with Crippen LogP contribution >= 0.6 is 0 Å². The zero-order chi connectivity index (χ0) is 13.8. The minimum Gasteiger partial charge on any atom is -0.382 e. The van der Waals surface area contributed by atoms with E-state index in [9.17, 15) is 0 Å². The lowest BCUT2D eigenvalue weighted by Crippen LogP contribution is -2.11. The molecule has 0 unspecified atom stereocenters. The Morgan fingerprint density at radius 3 is 1.89 bits per heavy atom. The van der Waals surface area contributed by atoms with Crippen molar-refractivity contribution in [2.45, 2.75) is 6.61 Å². The van der Waals surface area contributed by atoms with Crippen LogP contribution < -0.4 is 5.46 Å². The number of hydrogen-bond acceptors (Lipinski definition) is 4. The number of methoxy groups -OCH3 is 1. The lowest BCUT2D eigenvalue weighted by Gasteiger charge is -2.07. The lowest BCUT2D eigenvalue weighted by atomic mass is 9.95. The average molecular weight is 266 g/mol. The average Bonchev–Trinajstić information content (AvgIpc) is 2.43. The molecule has 106 valence electrons. The zero-order valence-corrected chi connectivity index (χ0v) is 11.9. The maximum atomic E-state index is 5.52. The van der Waals surface area contributed by atoms with Gasteiger partial charge in [0.15, 0.2) is 0 Å². The van der Waals surface area contributed by atoms with Crippen LogP contribution in [0.2, 0.25) is 0 Å². The monoisotopic (exact) mass is 266 g/mol. The van der Waals surface area contributed by atoms with Gasteiger partial charge in [0.2, 0.25) is 0 Å². The van der Waals surface area contributed by atoms with Crippen LogP contribution in [0, 0.1) is 0 Å². The van der Waals surface area contributed by atoms with Gasteiger partial charge in [0, 0.05) is 7.11 Å². The van der Waals surface area contributed by atoms with Gasteiger partial charge in [0.1, 0.15) is 7.85 Å². The van der Waals surface area contributed by atoms with E-state index in [1.807, 2.05) is 0 Å². The van der Waals surface area contributed by atoms with Crippen LogP contribution in [0.1, 0.15) is 5.56 Å². The molecule has 0 N–H and O–H groups in total. The Bertz CT molecular complexity index is 316. The van der Waals surface area contributed by atoms with Gasteiger partial charge in [-0.3, -0.25) is 0 Å². The molecular formula is C14H23BO4. The molecule has 0 heterocycles. The molecule has 5 heteroatoms. The number of hydrogen-bond donors (Lipinski definition) is 0. The molecule has 0 saturated heterocycles. The molecule has 0 bridgehead atoms. The molecule has 0 aliphatic rings. The molecule has 0 aliphatic heterocycles. The van der Waals surface area contributed by atoms with Crippen LogP contribution in [-0.4, -0.2) is 54.6 Å². The second-order valence-corrected chi connectivity index (χ2v) is 4.26. The zero-order valence-electron chi connectivity index (χ0n) is 11.9. The van der Waals surface area contributed by atoms with Gasteiger partial charge in [-0.05, 0) is 5.56 Å². The van der Waals surface area contributed by atoms with E-state index in [2.05, 4.69) is 32.1 Å². The van der Waals surface area contributed by atoms with Crippen LogP contribution in [0.15, 0.2) is 24.3 Å². The third-order valence-electron chi connectivity index (χ3n) is 2.57. The van der Waals surface area contributed by atoms with Crippen molar-refractivity contribution in [1.82, 2.24) is 0 Å². The smallest absolute Gasteiger partial charge is 0.139 e. The predicted octanol–water partition coefficient (Wildman–Crippen LogP) is 0.141. The van der Waals surface area contributed by atoms with E-state index in [1.165, 1.54) is 11.0 Å². The Balaban J connectivity index is 1.87. The van der Waals surface area contributed by atoms with Crippen molar-refractivity contribution in [3.8, 4) is 0 Å². The SMILES string of the molecule is Bc1ccc(COCCOCCOCCOC)cc1. The van der Waals surface area contributed by atoms with E-state index >= 15 is 0 Å². The van der Waals surface area contributed by atoms with Gasteiger partial charge in [-0.25, -0.2) is 0 Å². The first-order chi connectivity index (χ1) is 9.33. The van der Waals surface area contributed by atoms with Crippen LogP contribution in [0.5, 0.6) is 0 Å². The summed E-state index contributed by atoms with van der Waals surface area (Å²) >= 11 is 0. The van der Waals surface area contributed by atoms with Gasteiger partial charge in [0.25, 0.3) is 0 Å². The molecule has 4 nitrogen and oxygen atoms in total. The molecule has 0 amide bonds. The van der Waals surface area contributed by atoms with E-state index in [1.54, 1.807) is 7.11 Å². The summed E-state index contributed by atoms with van der Waals surface area (Å²) < 4.78 is 21.0. The maximum Gasteiger partial charge on any atom is 0.139 e. The van der Waals surface area contributed by atoms with Gasteiger partial charge in [-0.1, -0.05) is 29.7 Å². The van der Waals surface area contributed by atoms with Gasteiger partial charge in [-0.2, -0.15) is 0 Å². The first kappa shape index (κ1) is 16.2. The Kier molecular flexibility index (Phi) is 9.36. The van der Waals surface area contributed by atoms with Gasteiger partial charge >= 0.3 is 0 Å². The molecule has 1 aromatic rings.